The predicted octanol–water partition coefficient (Wildman–Crippen LogP) is 3.13. The molecule has 1 heterocycles. The molecule has 0 aromatic heterocycles. The summed E-state index contributed by atoms with van der Waals surface area (Å²) in [6.07, 6.45) is -5.52. The molecule has 1 aromatic rings. The first kappa shape index (κ1) is 34.5. The summed E-state index contributed by atoms with van der Waals surface area (Å²) in [6.45, 7) is 13.5. The van der Waals surface area contributed by atoms with E-state index in [1.54, 1.807) is 79.7 Å². The molecule has 1 aliphatic heterocycles. The first-order valence-corrected chi connectivity index (χ1v) is 16.1. The van der Waals surface area contributed by atoms with Crippen molar-refractivity contribution in [2.24, 2.45) is 22.7 Å². The van der Waals surface area contributed by atoms with Gasteiger partial charge >= 0.3 is 12.1 Å². The Balaban J connectivity index is 1.50. The third kappa shape index (κ3) is 5.38. The van der Waals surface area contributed by atoms with Crippen molar-refractivity contribution in [2.75, 3.05) is 6.61 Å². The molecule has 1 aromatic carbocycles. The van der Waals surface area contributed by atoms with Gasteiger partial charge in [0.05, 0.1) is 41.8 Å². The van der Waals surface area contributed by atoms with E-state index < -0.39 is 87.8 Å². The Morgan fingerprint density at radius 1 is 1.07 bits per heavy atom. The van der Waals surface area contributed by atoms with E-state index in [4.69, 9.17) is 14.2 Å². The van der Waals surface area contributed by atoms with Crippen LogP contribution in [0.5, 0.6) is 0 Å². The number of alkyl carbamates (subject to hydrolysis) is 1. The number of carbonyl (C=O) groups excluding carboxylic acids is 3. The maximum atomic E-state index is 14.2. The van der Waals surface area contributed by atoms with Gasteiger partial charge in [-0.15, -0.1) is 0 Å². The summed E-state index contributed by atoms with van der Waals surface area (Å²) < 4.78 is 17.1. The van der Waals surface area contributed by atoms with Gasteiger partial charge in [0.2, 0.25) is 0 Å². The van der Waals surface area contributed by atoms with Gasteiger partial charge < -0.3 is 40.0 Å². The number of amides is 1. The molecule has 0 radical (unpaired) electrons. The number of Topliss-reactive ketones (excluding diaryl/α,β-unsaturated/α-hetero) is 1. The molecule has 4 aliphatic rings. The van der Waals surface area contributed by atoms with Crippen molar-refractivity contribution >= 4 is 17.8 Å². The minimum atomic E-state index is -1.73. The monoisotopic (exact) mass is 643 g/mol. The number of ether oxygens (including phenoxy) is 3. The van der Waals surface area contributed by atoms with Crippen molar-refractivity contribution in [3.05, 3.63) is 47.0 Å². The summed E-state index contributed by atoms with van der Waals surface area (Å²) in [5.41, 5.74) is -5.31. The van der Waals surface area contributed by atoms with E-state index in [1.807, 2.05) is 6.07 Å². The second kappa shape index (κ2) is 11.4. The van der Waals surface area contributed by atoms with E-state index >= 15 is 0 Å². The number of ketones is 1. The van der Waals surface area contributed by atoms with E-state index in [1.165, 1.54) is 0 Å². The van der Waals surface area contributed by atoms with Crippen LogP contribution < -0.4 is 5.32 Å². The molecule has 0 unspecified atom stereocenters. The second-order valence-electron chi connectivity index (χ2n) is 15.6. The summed E-state index contributed by atoms with van der Waals surface area (Å²) in [4.78, 5) is 40.8. The molecule has 3 fully saturated rings. The van der Waals surface area contributed by atoms with E-state index in [2.05, 4.69) is 5.32 Å². The standard InChI is InChI=1S/C35H49NO10/c1-18-21(45-29(40)19(2)26(20-12-10-9-11-13-20)36-30(41)46-31(3,4)5)15-34(42)16-22-33(8,23(37)14-24-35(22,43)17-44-24)28(39)27(38)25(18)32(34,6)7/h9-13,19,21-24,26-27,37-38,42-43H,14-17H2,1-8H3,(H,36,41)/t19-,21+,22+,23+,24-,26-,27-,33+,34-,35-/m1/s1. The van der Waals surface area contributed by atoms with E-state index in [0.29, 0.717) is 11.1 Å². The molecule has 2 saturated carbocycles. The highest BCUT2D eigenvalue weighted by Crippen LogP contribution is 2.62. The van der Waals surface area contributed by atoms with Gasteiger partial charge in [0.15, 0.2) is 5.78 Å². The van der Waals surface area contributed by atoms with Crippen LogP contribution in [0.1, 0.15) is 86.3 Å². The molecule has 46 heavy (non-hydrogen) atoms. The van der Waals surface area contributed by atoms with Gasteiger partial charge in [-0.1, -0.05) is 44.2 Å². The lowest BCUT2D eigenvalue weighted by molar-refractivity contribution is -0.323. The van der Waals surface area contributed by atoms with Crippen molar-refractivity contribution < 1.29 is 49.0 Å². The molecule has 1 saturated heterocycles. The fraction of sp³-hybridized carbons (Fsp3) is 0.686. The third-order valence-corrected chi connectivity index (χ3v) is 11.4. The number of hydrogen-bond acceptors (Lipinski definition) is 10. The van der Waals surface area contributed by atoms with Crippen molar-refractivity contribution in [2.45, 2.75) is 122 Å². The maximum absolute atomic E-state index is 14.2. The second-order valence-corrected chi connectivity index (χ2v) is 15.6. The van der Waals surface area contributed by atoms with Crippen LogP contribution in [0, 0.1) is 22.7 Å². The van der Waals surface area contributed by atoms with Crippen molar-refractivity contribution in [1.29, 1.82) is 0 Å². The van der Waals surface area contributed by atoms with Gasteiger partial charge in [-0.25, -0.2) is 4.79 Å². The normalized spacial score (nSPS) is 38.2. The highest BCUT2D eigenvalue weighted by molar-refractivity contribution is 5.93. The van der Waals surface area contributed by atoms with Crippen LogP contribution in [0.15, 0.2) is 41.5 Å². The van der Waals surface area contributed by atoms with Gasteiger partial charge in [-0.3, -0.25) is 9.59 Å². The lowest BCUT2D eigenvalue weighted by atomic mass is 9.46. The molecule has 5 N–H and O–H groups in total. The maximum Gasteiger partial charge on any atom is 0.408 e. The van der Waals surface area contributed by atoms with Crippen molar-refractivity contribution in [3.8, 4) is 0 Å². The van der Waals surface area contributed by atoms with Crippen LogP contribution >= 0.6 is 0 Å². The molecule has 5 rings (SSSR count). The molecule has 2 bridgehead atoms. The minimum absolute atomic E-state index is 0.0276. The molecule has 10 atom stereocenters. The quantitative estimate of drug-likeness (QED) is 0.237. The number of carbonyl (C=O) groups is 3. The summed E-state index contributed by atoms with van der Waals surface area (Å²) >= 11 is 0. The Bertz CT molecular complexity index is 1420. The first-order valence-electron chi connectivity index (χ1n) is 16.1. The SMILES string of the molecule is CC1=C2[C@@H](O)C(=O)[C@@]3(C)[C@H](C[C@](O)(C[C@@H]1OC(=O)[C@H](C)[C@@H](NC(=O)OC(C)(C)C)c1ccccc1)C2(C)C)[C@]1(O)CO[C@@H]1C[C@@H]3O. The van der Waals surface area contributed by atoms with Crippen LogP contribution in [0.2, 0.25) is 0 Å². The van der Waals surface area contributed by atoms with Gasteiger partial charge in [0.1, 0.15) is 23.4 Å². The Labute approximate surface area is 270 Å². The minimum Gasteiger partial charge on any atom is -0.457 e. The number of aliphatic hydroxyl groups is 4. The molecular formula is C35H49NO10. The van der Waals surface area contributed by atoms with E-state index in [0.717, 1.165) is 0 Å². The van der Waals surface area contributed by atoms with Gasteiger partial charge in [-0.2, -0.15) is 0 Å². The zero-order chi connectivity index (χ0) is 34.2. The van der Waals surface area contributed by atoms with Gasteiger partial charge in [0, 0.05) is 24.2 Å². The third-order valence-electron chi connectivity index (χ3n) is 11.4. The zero-order valence-electron chi connectivity index (χ0n) is 28.0. The number of fused-ring (bicyclic) bond motifs is 5. The number of aliphatic hydroxyl groups excluding tert-OH is 2. The van der Waals surface area contributed by atoms with Crippen LogP contribution in [-0.4, -0.2) is 86.1 Å². The lowest BCUT2D eigenvalue weighted by Gasteiger charge is -2.65. The molecule has 1 amide bonds. The molecule has 254 valence electrons. The van der Waals surface area contributed by atoms with Crippen molar-refractivity contribution in [1.82, 2.24) is 5.32 Å². The molecule has 0 spiro atoms. The molecule has 11 nitrogen and oxygen atoms in total. The Morgan fingerprint density at radius 3 is 2.26 bits per heavy atom. The zero-order valence-corrected chi connectivity index (χ0v) is 28.0. The largest absolute Gasteiger partial charge is 0.457 e. The van der Waals surface area contributed by atoms with Gasteiger partial charge in [-0.05, 0) is 64.7 Å². The Hall–Kier alpha value is -2.83. The summed E-state index contributed by atoms with van der Waals surface area (Å²) in [5, 5.41) is 50.0. The number of hydrogen-bond donors (Lipinski definition) is 5. The fourth-order valence-corrected chi connectivity index (χ4v) is 8.29. The topological polar surface area (TPSA) is 172 Å². The van der Waals surface area contributed by atoms with Crippen LogP contribution in [-0.2, 0) is 23.8 Å². The summed E-state index contributed by atoms with van der Waals surface area (Å²) in [6, 6.07) is 8.15. The average Bonchev–Trinajstić information content (AvgIpc) is 2.96. The highest BCUT2D eigenvalue weighted by Gasteiger charge is 2.71. The van der Waals surface area contributed by atoms with E-state index in [-0.39, 0.29) is 31.4 Å². The number of benzene rings is 1. The Morgan fingerprint density at radius 2 is 1.70 bits per heavy atom. The van der Waals surface area contributed by atoms with Crippen LogP contribution in [0.4, 0.5) is 4.79 Å². The fourth-order valence-electron chi connectivity index (χ4n) is 8.29. The van der Waals surface area contributed by atoms with E-state index in [9.17, 15) is 34.8 Å². The first-order chi connectivity index (χ1) is 21.2. The number of esters is 1. The van der Waals surface area contributed by atoms with Crippen molar-refractivity contribution in [3.63, 3.8) is 0 Å². The average molecular weight is 644 g/mol. The Kier molecular flexibility index (Phi) is 8.55. The number of nitrogens with one attached hydrogen (secondary N) is 1. The summed E-state index contributed by atoms with van der Waals surface area (Å²) in [5.74, 6) is -3.17. The summed E-state index contributed by atoms with van der Waals surface area (Å²) in [7, 11) is 0. The highest BCUT2D eigenvalue weighted by atomic mass is 16.6. The predicted molar refractivity (Wildman–Crippen MR) is 166 cm³/mol. The molecule has 11 heteroatoms. The molecule has 3 aliphatic carbocycles. The number of rotatable bonds is 5. The van der Waals surface area contributed by atoms with Crippen LogP contribution in [0.3, 0.4) is 0 Å². The van der Waals surface area contributed by atoms with Gasteiger partial charge in [0.25, 0.3) is 0 Å². The lowest BCUT2D eigenvalue weighted by Crippen LogP contribution is -2.76. The molecular weight excluding hydrogens is 594 g/mol. The van der Waals surface area contributed by atoms with Crippen LogP contribution in [0.25, 0.3) is 0 Å². The smallest absolute Gasteiger partial charge is 0.408 e.